The number of thiophene rings is 1. The van der Waals surface area contributed by atoms with Gasteiger partial charge in [-0.3, -0.25) is 4.79 Å². The van der Waals surface area contributed by atoms with Crippen LogP contribution in [0.15, 0.2) is 24.3 Å². The lowest BCUT2D eigenvalue weighted by molar-refractivity contribution is 0.0952. The van der Waals surface area contributed by atoms with Gasteiger partial charge in [-0.15, -0.1) is 11.3 Å². The molecule has 0 unspecified atom stereocenters. The monoisotopic (exact) mass is 302 g/mol. The Labute approximate surface area is 130 Å². The van der Waals surface area contributed by atoms with Gasteiger partial charge in [-0.1, -0.05) is 6.07 Å². The number of carbonyl (C=O) groups excluding carboxylic acids is 1. The molecule has 0 aliphatic heterocycles. The van der Waals surface area contributed by atoms with Gasteiger partial charge in [0.25, 0.3) is 5.91 Å². The van der Waals surface area contributed by atoms with Crippen molar-refractivity contribution in [1.29, 1.82) is 0 Å². The molecule has 0 radical (unpaired) electrons. The third-order valence-electron chi connectivity index (χ3n) is 3.43. The number of carbonyl (C=O) groups is 1. The number of rotatable bonds is 5. The summed E-state index contributed by atoms with van der Waals surface area (Å²) in [7, 11) is 0. The van der Waals surface area contributed by atoms with Crippen LogP contribution < -0.4 is 10.6 Å². The molecule has 0 saturated carbocycles. The largest absolute Gasteiger partial charge is 0.385 e. The van der Waals surface area contributed by atoms with E-state index in [1.54, 1.807) is 11.3 Å². The average molecular weight is 302 g/mol. The summed E-state index contributed by atoms with van der Waals surface area (Å²) in [6.07, 6.45) is 0. The third-order valence-corrected chi connectivity index (χ3v) is 4.58. The van der Waals surface area contributed by atoms with Crippen molar-refractivity contribution in [1.82, 2.24) is 5.32 Å². The standard InChI is InChI=1S/C17H22N2OS/c1-5-18-16-8-11(2)6-7-15(16)17(20)19-10-14-9-12(3)13(4)21-14/h6-9,18H,5,10H2,1-4H3,(H,19,20). The number of amides is 1. The molecule has 0 fully saturated rings. The van der Waals surface area contributed by atoms with E-state index in [1.165, 1.54) is 15.3 Å². The Kier molecular flexibility index (Phi) is 5.02. The molecule has 112 valence electrons. The summed E-state index contributed by atoms with van der Waals surface area (Å²) >= 11 is 1.74. The first kappa shape index (κ1) is 15.6. The maximum Gasteiger partial charge on any atom is 0.253 e. The lowest BCUT2D eigenvalue weighted by atomic mass is 10.1. The summed E-state index contributed by atoms with van der Waals surface area (Å²) < 4.78 is 0. The first-order valence-corrected chi connectivity index (χ1v) is 8.01. The molecule has 2 N–H and O–H groups in total. The van der Waals surface area contributed by atoms with E-state index in [1.807, 2.05) is 32.0 Å². The lowest BCUT2D eigenvalue weighted by Gasteiger charge is -2.11. The van der Waals surface area contributed by atoms with Crippen molar-refractivity contribution in [3.05, 3.63) is 50.7 Å². The summed E-state index contributed by atoms with van der Waals surface area (Å²) in [5.41, 5.74) is 4.03. The maximum absolute atomic E-state index is 12.4. The predicted molar refractivity (Wildman–Crippen MR) is 90.3 cm³/mol. The fraction of sp³-hybridized carbons (Fsp3) is 0.353. The van der Waals surface area contributed by atoms with Crippen molar-refractivity contribution < 1.29 is 4.79 Å². The Hall–Kier alpha value is -1.81. The first-order chi connectivity index (χ1) is 10.0. The number of benzene rings is 1. The van der Waals surface area contributed by atoms with Crippen LogP contribution in [-0.2, 0) is 6.54 Å². The minimum atomic E-state index is -0.0327. The van der Waals surface area contributed by atoms with E-state index in [4.69, 9.17) is 0 Å². The molecular formula is C17H22N2OS. The van der Waals surface area contributed by atoms with Gasteiger partial charge in [-0.25, -0.2) is 0 Å². The second-order valence-corrected chi connectivity index (χ2v) is 6.55. The Bertz CT molecular complexity index is 627. The first-order valence-electron chi connectivity index (χ1n) is 7.20. The summed E-state index contributed by atoms with van der Waals surface area (Å²) in [6.45, 7) is 9.64. The second kappa shape index (κ2) is 6.76. The molecule has 0 bridgehead atoms. The van der Waals surface area contributed by atoms with Gasteiger partial charge < -0.3 is 10.6 Å². The Morgan fingerprint density at radius 3 is 2.57 bits per heavy atom. The van der Waals surface area contributed by atoms with Crippen LogP contribution in [0.25, 0.3) is 0 Å². The minimum Gasteiger partial charge on any atom is -0.385 e. The van der Waals surface area contributed by atoms with E-state index in [0.717, 1.165) is 17.8 Å². The van der Waals surface area contributed by atoms with Crippen molar-refractivity contribution in [2.45, 2.75) is 34.2 Å². The maximum atomic E-state index is 12.4. The van der Waals surface area contributed by atoms with Crippen LogP contribution in [0.2, 0.25) is 0 Å². The van der Waals surface area contributed by atoms with E-state index in [9.17, 15) is 4.79 Å². The van der Waals surface area contributed by atoms with Gasteiger partial charge in [0.2, 0.25) is 0 Å². The SMILES string of the molecule is CCNc1cc(C)ccc1C(=O)NCc1cc(C)c(C)s1. The fourth-order valence-electron chi connectivity index (χ4n) is 2.19. The Balaban J connectivity index is 2.09. The van der Waals surface area contributed by atoms with Crippen LogP contribution in [0.5, 0.6) is 0 Å². The van der Waals surface area contributed by atoms with E-state index in [-0.39, 0.29) is 5.91 Å². The van der Waals surface area contributed by atoms with Crippen LogP contribution >= 0.6 is 11.3 Å². The molecule has 0 saturated heterocycles. The number of anilines is 1. The normalized spacial score (nSPS) is 10.5. The molecule has 1 heterocycles. The third kappa shape index (κ3) is 3.85. The van der Waals surface area contributed by atoms with Gasteiger partial charge in [0.15, 0.2) is 0 Å². The highest BCUT2D eigenvalue weighted by atomic mass is 32.1. The van der Waals surface area contributed by atoms with Crippen LogP contribution in [0, 0.1) is 20.8 Å². The number of aryl methyl sites for hydroxylation is 3. The molecule has 3 nitrogen and oxygen atoms in total. The summed E-state index contributed by atoms with van der Waals surface area (Å²) in [5, 5.41) is 6.26. The predicted octanol–water partition coefficient (Wildman–Crippen LogP) is 4.04. The Morgan fingerprint density at radius 2 is 1.95 bits per heavy atom. The highest BCUT2D eigenvalue weighted by Gasteiger charge is 2.11. The molecule has 1 aromatic heterocycles. The van der Waals surface area contributed by atoms with Crippen molar-refractivity contribution in [2.24, 2.45) is 0 Å². The number of hydrogen-bond donors (Lipinski definition) is 2. The van der Waals surface area contributed by atoms with Crippen molar-refractivity contribution in [3.8, 4) is 0 Å². The van der Waals surface area contributed by atoms with Gasteiger partial charge in [0, 0.05) is 22.0 Å². The number of hydrogen-bond acceptors (Lipinski definition) is 3. The van der Waals surface area contributed by atoms with Gasteiger partial charge in [-0.2, -0.15) is 0 Å². The quantitative estimate of drug-likeness (QED) is 0.875. The van der Waals surface area contributed by atoms with Crippen molar-refractivity contribution in [2.75, 3.05) is 11.9 Å². The molecule has 2 aromatic rings. The summed E-state index contributed by atoms with van der Waals surface area (Å²) in [6, 6.07) is 8.00. The topological polar surface area (TPSA) is 41.1 Å². The molecule has 0 atom stereocenters. The van der Waals surface area contributed by atoms with Crippen LogP contribution in [0.1, 0.15) is 38.2 Å². The zero-order chi connectivity index (χ0) is 15.4. The van der Waals surface area contributed by atoms with Gasteiger partial charge >= 0.3 is 0 Å². The van der Waals surface area contributed by atoms with E-state index >= 15 is 0 Å². The molecular weight excluding hydrogens is 280 g/mol. The molecule has 0 spiro atoms. The second-order valence-electron chi connectivity index (χ2n) is 5.21. The van der Waals surface area contributed by atoms with Gasteiger partial charge in [-0.05, 0) is 57.0 Å². The highest BCUT2D eigenvalue weighted by Crippen LogP contribution is 2.21. The average Bonchev–Trinajstić information content (AvgIpc) is 2.76. The van der Waals surface area contributed by atoms with Crippen LogP contribution in [0.3, 0.4) is 0 Å². The van der Waals surface area contributed by atoms with Gasteiger partial charge in [0.1, 0.15) is 0 Å². The zero-order valence-corrected chi connectivity index (χ0v) is 13.9. The summed E-state index contributed by atoms with van der Waals surface area (Å²) in [4.78, 5) is 14.9. The Morgan fingerprint density at radius 1 is 1.19 bits per heavy atom. The fourth-order valence-corrected chi connectivity index (χ4v) is 3.19. The molecule has 0 aliphatic carbocycles. The van der Waals surface area contributed by atoms with E-state index in [0.29, 0.717) is 12.1 Å². The molecule has 21 heavy (non-hydrogen) atoms. The minimum absolute atomic E-state index is 0.0327. The molecule has 1 aromatic carbocycles. The summed E-state index contributed by atoms with van der Waals surface area (Å²) in [5.74, 6) is -0.0327. The molecule has 0 aliphatic rings. The molecule has 4 heteroatoms. The molecule has 2 rings (SSSR count). The van der Waals surface area contributed by atoms with Gasteiger partial charge in [0.05, 0.1) is 12.1 Å². The van der Waals surface area contributed by atoms with Crippen molar-refractivity contribution >= 4 is 22.9 Å². The van der Waals surface area contributed by atoms with Crippen LogP contribution in [-0.4, -0.2) is 12.5 Å². The zero-order valence-electron chi connectivity index (χ0n) is 13.0. The van der Waals surface area contributed by atoms with Crippen LogP contribution in [0.4, 0.5) is 5.69 Å². The highest BCUT2D eigenvalue weighted by molar-refractivity contribution is 7.12. The number of nitrogens with one attached hydrogen (secondary N) is 2. The van der Waals surface area contributed by atoms with Crippen molar-refractivity contribution in [3.63, 3.8) is 0 Å². The lowest BCUT2D eigenvalue weighted by Crippen LogP contribution is -2.23. The smallest absolute Gasteiger partial charge is 0.253 e. The van der Waals surface area contributed by atoms with E-state index < -0.39 is 0 Å². The van der Waals surface area contributed by atoms with E-state index in [2.05, 4.69) is 30.5 Å². The molecule has 1 amide bonds.